The number of hydrogen-bond donors (Lipinski definition) is 3. The first kappa shape index (κ1) is 23.5. The number of thiazole rings is 1. The van der Waals surface area contributed by atoms with Gasteiger partial charge >= 0.3 is 5.97 Å². The molecule has 0 aliphatic carbocycles. The van der Waals surface area contributed by atoms with Gasteiger partial charge in [0.15, 0.2) is 10.8 Å². The van der Waals surface area contributed by atoms with Crippen molar-refractivity contribution < 1.29 is 33.8 Å². The number of hydrogen-bond acceptors (Lipinski definition) is 11. The SMILES string of the molecule is COCC1CCC(C2=C(C(=O)O)N3C(=O)[C@@H](NC(=O)C(=NOC)c4csc(N)n4)[C@H]3SC2)O1. The zero-order valence-electron chi connectivity index (χ0n) is 17.8. The normalized spacial score (nSPS) is 27.3. The second-order valence-electron chi connectivity index (χ2n) is 7.51. The number of fused-ring (bicyclic) bond motifs is 1. The number of nitrogen functional groups attached to an aromatic ring is 1. The largest absolute Gasteiger partial charge is 0.477 e. The number of oxime groups is 1. The van der Waals surface area contributed by atoms with E-state index < -0.39 is 29.2 Å². The lowest BCUT2D eigenvalue weighted by Gasteiger charge is -2.49. The first-order chi connectivity index (χ1) is 15.8. The van der Waals surface area contributed by atoms with Crippen molar-refractivity contribution >= 4 is 51.7 Å². The molecule has 33 heavy (non-hydrogen) atoms. The van der Waals surface area contributed by atoms with Gasteiger partial charge in [-0.2, -0.15) is 0 Å². The van der Waals surface area contributed by atoms with E-state index in [1.165, 1.54) is 23.8 Å². The van der Waals surface area contributed by atoms with Crippen LogP contribution in [-0.2, 0) is 28.7 Å². The number of aliphatic carboxylic acids is 1. The third kappa shape index (κ3) is 4.43. The molecule has 0 radical (unpaired) electrons. The molecule has 4 atom stereocenters. The van der Waals surface area contributed by atoms with Crippen molar-refractivity contribution in [1.29, 1.82) is 0 Å². The lowest BCUT2D eigenvalue weighted by atomic mass is 9.99. The number of carbonyl (C=O) groups excluding carboxylic acids is 2. The molecule has 0 aromatic carbocycles. The Morgan fingerprint density at radius 1 is 1.42 bits per heavy atom. The fourth-order valence-corrected chi connectivity index (χ4v) is 6.02. The number of amides is 2. The maximum absolute atomic E-state index is 12.9. The number of carbonyl (C=O) groups is 3. The van der Waals surface area contributed by atoms with Gasteiger partial charge in [-0.25, -0.2) is 9.78 Å². The zero-order chi connectivity index (χ0) is 23.7. The van der Waals surface area contributed by atoms with Crippen LogP contribution >= 0.6 is 23.1 Å². The van der Waals surface area contributed by atoms with Crippen molar-refractivity contribution in [3.8, 4) is 0 Å². The molecule has 2 unspecified atom stereocenters. The fourth-order valence-electron chi connectivity index (χ4n) is 4.06. The molecule has 2 saturated heterocycles. The monoisotopic (exact) mass is 497 g/mol. The number of aromatic nitrogens is 1. The predicted octanol–water partition coefficient (Wildman–Crippen LogP) is 0.00840. The van der Waals surface area contributed by atoms with Gasteiger partial charge in [0, 0.05) is 18.2 Å². The Hall–Kier alpha value is -2.68. The van der Waals surface area contributed by atoms with Crippen LogP contribution < -0.4 is 11.1 Å². The standard InChI is InChI=1S/C19H23N5O7S2/c1-29-5-8-3-4-11(31-8)9-6-32-17-13(16(26)24(17)14(9)18(27)28)22-15(25)12(23-30-2)10-7-33-19(20)21-10/h7-8,11,13,17H,3-6H2,1-2H3,(H2,20,21)(H,22,25)(H,27,28)/t8?,11?,13-,17-/m1/s1. The average Bonchev–Trinajstić information content (AvgIpc) is 3.43. The lowest BCUT2D eigenvalue weighted by Crippen LogP contribution is -2.71. The Morgan fingerprint density at radius 2 is 2.21 bits per heavy atom. The van der Waals surface area contributed by atoms with Crippen LogP contribution in [0.3, 0.4) is 0 Å². The Morgan fingerprint density at radius 3 is 2.85 bits per heavy atom. The van der Waals surface area contributed by atoms with Crippen LogP contribution in [0, 0.1) is 0 Å². The summed E-state index contributed by atoms with van der Waals surface area (Å²) in [7, 11) is 2.86. The molecule has 3 aliphatic rings. The molecule has 0 bridgehead atoms. The van der Waals surface area contributed by atoms with Crippen LogP contribution in [0.25, 0.3) is 0 Å². The van der Waals surface area contributed by atoms with Crippen LogP contribution in [0.15, 0.2) is 21.8 Å². The number of nitrogens with two attached hydrogens (primary N) is 1. The van der Waals surface area contributed by atoms with Gasteiger partial charge in [0.1, 0.15) is 29.9 Å². The number of nitrogens with zero attached hydrogens (tertiary/aromatic N) is 3. The first-order valence-corrected chi connectivity index (χ1v) is 12.0. The number of β-lactam (4-membered cyclic amide) rings is 1. The van der Waals surface area contributed by atoms with Crippen LogP contribution in [0.5, 0.6) is 0 Å². The van der Waals surface area contributed by atoms with E-state index in [1.54, 1.807) is 12.5 Å². The summed E-state index contributed by atoms with van der Waals surface area (Å²) in [5, 5.41) is 17.4. The summed E-state index contributed by atoms with van der Waals surface area (Å²) in [5.41, 5.74) is 6.22. The Balaban J connectivity index is 1.51. The zero-order valence-corrected chi connectivity index (χ0v) is 19.5. The second-order valence-corrected chi connectivity index (χ2v) is 9.51. The molecule has 2 amide bonds. The summed E-state index contributed by atoms with van der Waals surface area (Å²) in [6.07, 6.45) is 0.906. The van der Waals surface area contributed by atoms with Crippen molar-refractivity contribution in [2.45, 2.75) is 36.5 Å². The molecule has 1 aromatic rings. The molecule has 1 aromatic heterocycles. The molecule has 0 saturated carbocycles. The molecule has 4 rings (SSSR count). The third-order valence-electron chi connectivity index (χ3n) is 5.50. The molecule has 14 heteroatoms. The van der Waals surface area contributed by atoms with Crippen LogP contribution in [0.1, 0.15) is 18.5 Å². The lowest BCUT2D eigenvalue weighted by molar-refractivity contribution is -0.150. The van der Waals surface area contributed by atoms with E-state index in [0.29, 0.717) is 24.4 Å². The number of nitrogens with one attached hydrogen (secondary N) is 1. The summed E-state index contributed by atoms with van der Waals surface area (Å²) < 4.78 is 11.1. The number of ether oxygens (including phenoxy) is 2. The topological polar surface area (TPSA) is 166 Å². The predicted molar refractivity (Wildman–Crippen MR) is 120 cm³/mol. The molecule has 4 heterocycles. The van der Waals surface area contributed by atoms with E-state index in [0.717, 1.165) is 17.8 Å². The van der Waals surface area contributed by atoms with Crippen LogP contribution in [0.4, 0.5) is 5.13 Å². The van der Waals surface area contributed by atoms with Gasteiger partial charge in [0.25, 0.3) is 11.8 Å². The summed E-state index contributed by atoms with van der Waals surface area (Å²) in [6, 6.07) is -0.915. The number of carboxylic acids is 1. The first-order valence-electron chi connectivity index (χ1n) is 10.0. The average molecular weight is 498 g/mol. The minimum Gasteiger partial charge on any atom is -0.477 e. The summed E-state index contributed by atoms with van der Waals surface area (Å²) in [6.45, 7) is 0.425. The maximum atomic E-state index is 12.9. The maximum Gasteiger partial charge on any atom is 0.352 e. The summed E-state index contributed by atoms with van der Waals surface area (Å²) in [4.78, 5) is 47.8. The molecule has 0 spiro atoms. The fraction of sp³-hybridized carbons (Fsp3) is 0.526. The van der Waals surface area contributed by atoms with E-state index >= 15 is 0 Å². The van der Waals surface area contributed by atoms with Crippen molar-refractivity contribution in [1.82, 2.24) is 15.2 Å². The molecule has 12 nitrogen and oxygen atoms in total. The van der Waals surface area contributed by atoms with Crippen molar-refractivity contribution in [2.24, 2.45) is 5.16 Å². The van der Waals surface area contributed by atoms with Gasteiger partial charge in [-0.15, -0.1) is 23.1 Å². The van der Waals surface area contributed by atoms with Gasteiger partial charge in [-0.05, 0) is 18.4 Å². The van der Waals surface area contributed by atoms with E-state index in [2.05, 4.69) is 15.5 Å². The minimum absolute atomic E-state index is 0.0737. The van der Waals surface area contributed by atoms with Gasteiger partial charge in [0.2, 0.25) is 0 Å². The molecular formula is C19H23N5O7S2. The van der Waals surface area contributed by atoms with Crippen molar-refractivity contribution in [3.05, 3.63) is 22.3 Å². The van der Waals surface area contributed by atoms with E-state index in [4.69, 9.17) is 20.0 Å². The Kier molecular flexibility index (Phi) is 6.88. The highest BCUT2D eigenvalue weighted by Crippen LogP contribution is 2.43. The van der Waals surface area contributed by atoms with Crippen molar-refractivity contribution in [2.75, 3.05) is 32.3 Å². The highest BCUT2D eigenvalue weighted by atomic mass is 32.2. The Labute approximate surface area is 197 Å². The van der Waals surface area contributed by atoms with E-state index in [1.807, 2.05) is 0 Å². The van der Waals surface area contributed by atoms with Crippen LogP contribution in [-0.4, -0.2) is 88.7 Å². The number of thioether (sulfide) groups is 1. The quantitative estimate of drug-likeness (QED) is 0.253. The highest BCUT2D eigenvalue weighted by Gasteiger charge is 2.55. The number of anilines is 1. The third-order valence-corrected chi connectivity index (χ3v) is 7.47. The molecule has 2 fully saturated rings. The number of methoxy groups -OCH3 is 1. The highest BCUT2D eigenvalue weighted by molar-refractivity contribution is 8.00. The van der Waals surface area contributed by atoms with Crippen LogP contribution in [0.2, 0.25) is 0 Å². The van der Waals surface area contributed by atoms with E-state index in [9.17, 15) is 19.5 Å². The van der Waals surface area contributed by atoms with Gasteiger partial charge < -0.3 is 30.5 Å². The van der Waals surface area contributed by atoms with Gasteiger partial charge in [-0.1, -0.05) is 5.16 Å². The molecule has 3 aliphatic heterocycles. The number of carboxylic acid groups (broad SMARTS) is 1. The summed E-state index contributed by atoms with van der Waals surface area (Å²) >= 11 is 2.51. The smallest absolute Gasteiger partial charge is 0.352 e. The summed E-state index contributed by atoms with van der Waals surface area (Å²) in [5.74, 6) is -2.02. The molecular weight excluding hydrogens is 474 g/mol. The van der Waals surface area contributed by atoms with Gasteiger partial charge in [-0.3, -0.25) is 14.5 Å². The second kappa shape index (κ2) is 9.67. The van der Waals surface area contributed by atoms with Crippen molar-refractivity contribution in [3.63, 3.8) is 0 Å². The molecule has 178 valence electrons. The Bertz CT molecular complexity index is 1030. The minimum atomic E-state index is -1.20. The van der Waals surface area contributed by atoms with E-state index in [-0.39, 0.29) is 34.4 Å². The molecule has 4 N–H and O–H groups in total. The number of rotatable bonds is 8. The van der Waals surface area contributed by atoms with Gasteiger partial charge in [0.05, 0.1) is 18.8 Å².